The quantitative estimate of drug-likeness (QED) is 0.339. The summed E-state index contributed by atoms with van der Waals surface area (Å²) in [5.74, 6) is -2.07. The van der Waals surface area contributed by atoms with Crippen LogP contribution in [0, 0.1) is 24.4 Å². The predicted octanol–water partition coefficient (Wildman–Crippen LogP) is 5.60. The first-order valence-electron chi connectivity index (χ1n) is 9.59. The van der Waals surface area contributed by atoms with Crippen LogP contribution in [0.3, 0.4) is 0 Å². The van der Waals surface area contributed by atoms with E-state index in [1.807, 2.05) is 0 Å². The first-order valence-corrected chi connectivity index (χ1v) is 11.4. The number of fused-ring (bicyclic) bond motifs is 1. The first kappa shape index (κ1) is 23.1. The van der Waals surface area contributed by atoms with Gasteiger partial charge in [0.25, 0.3) is 5.56 Å². The van der Waals surface area contributed by atoms with Crippen LogP contribution in [0.4, 0.5) is 18.9 Å². The number of anilines is 1. The largest absolute Gasteiger partial charge is 0.325 e. The zero-order valence-corrected chi connectivity index (χ0v) is 19.4. The fourth-order valence-electron chi connectivity index (χ4n) is 3.24. The van der Waals surface area contributed by atoms with E-state index in [0.717, 1.165) is 11.0 Å². The molecule has 3 aromatic carbocycles. The van der Waals surface area contributed by atoms with Crippen molar-refractivity contribution in [3.63, 3.8) is 0 Å². The zero-order chi connectivity index (χ0) is 23.7. The van der Waals surface area contributed by atoms with E-state index in [0.29, 0.717) is 17.4 Å². The number of amides is 1. The van der Waals surface area contributed by atoms with Crippen LogP contribution in [0.25, 0.3) is 16.6 Å². The number of benzene rings is 3. The Hall–Kier alpha value is -3.11. The number of hydrogen-bond acceptors (Lipinski definition) is 4. The lowest BCUT2D eigenvalue weighted by Gasteiger charge is -2.12. The molecule has 1 heterocycles. The molecule has 4 rings (SSSR count). The van der Waals surface area contributed by atoms with Crippen molar-refractivity contribution in [2.24, 2.45) is 0 Å². The lowest BCUT2D eigenvalue weighted by molar-refractivity contribution is -0.113. The van der Waals surface area contributed by atoms with Gasteiger partial charge in [-0.2, -0.15) is 0 Å². The molecule has 0 saturated heterocycles. The molecule has 0 radical (unpaired) electrons. The van der Waals surface area contributed by atoms with Crippen LogP contribution < -0.4 is 10.9 Å². The minimum Gasteiger partial charge on any atom is -0.325 e. The first-order chi connectivity index (χ1) is 15.7. The molecule has 1 N–H and O–H groups in total. The molecule has 10 heteroatoms. The standard InChI is InChI=1S/C23H15BrF3N3O2S/c1-12-28-22-17(8-13(25)9-20(22)27)23(32)30(12)15-3-5-16(6-4-15)33-11-21(31)29-14-2-7-19(26)18(24)10-14/h2-10H,11H2,1H3,(H,29,31). The van der Waals surface area contributed by atoms with Crippen LogP contribution in [0.2, 0.25) is 0 Å². The maximum absolute atomic E-state index is 14.0. The average molecular weight is 534 g/mol. The smallest absolute Gasteiger partial charge is 0.266 e. The van der Waals surface area contributed by atoms with E-state index in [-0.39, 0.29) is 32.9 Å². The van der Waals surface area contributed by atoms with Gasteiger partial charge in [0, 0.05) is 16.6 Å². The van der Waals surface area contributed by atoms with Gasteiger partial charge in [-0.25, -0.2) is 18.2 Å². The van der Waals surface area contributed by atoms with Crippen molar-refractivity contribution in [2.45, 2.75) is 11.8 Å². The summed E-state index contributed by atoms with van der Waals surface area (Å²) in [6.45, 7) is 1.56. The highest BCUT2D eigenvalue weighted by Gasteiger charge is 2.15. The monoisotopic (exact) mass is 533 g/mol. The lowest BCUT2D eigenvalue weighted by atomic mass is 10.2. The number of carbonyl (C=O) groups excluding carboxylic acids is 1. The minimum absolute atomic E-state index is 0.114. The van der Waals surface area contributed by atoms with E-state index in [1.54, 1.807) is 31.2 Å². The molecule has 168 valence electrons. The molecule has 0 aliphatic carbocycles. The summed E-state index contributed by atoms with van der Waals surface area (Å²) in [4.78, 5) is 30.0. The summed E-state index contributed by atoms with van der Waals surface area (Å²) in [5.41, 5.74) is 0.181. The molecule has 33 heavy (non-hydrogen) atoms. The summed E-state index contributed by atoms with van der Waals surface area (Å²) in [7, 11) is 0. The number of aromatic nitrogens is 2. The van der Waals surface area contributed by atoms with Crippen molar-refractivity contribution in [1.82, 2.24) is 9.55 Å². The highest BCUT2D eigenvalue weighted by molar-refractivity contribution is 9.10. The van der Waals surface area contributed by atoms with Crippen molar-refractivity contribution in [2.75, 3.05) is 11.1 Å². The van der Waals surface area contributed by atoms with Crippen LogP contribution in [0.15, 0.2) is 68.8 Å². The van der Waals surface area contributed by atoms with Crippen molar-refractivity contribution in [3.05, 3.63) is 92.7 Å². The number of rotatable bonds is 5. The average Bonchev–Trinajstić information content (AvgIpc) is 2.77. The van der Waals surface area contributed by atoms with Gasteiger partial charge in [0.2, 0.25) is 5.91 Å². The topological polar surface area (TPSA) is 64.0 Å². The van der Waals surface area contributed by atoms with Gasteiger partial charge in [-0.05, 0) is 71.4 Å². The summed E-state index contributed by atoms with van der Waals surface area (Å²) in [5, 5.41) is 2.53. The molecule has 0 aliphatic rings. The summed E-state index contributed by atoms with van der Waals surface area (Å²) in [6, 6.07) is 12.6. The van der Waals surface area contributed by atoms with Gasteiger partial charge < -0.3 is 5.32 Å². The zero-order valence-electron chi connectivity index (χ0n) is 17.0. The van der Waals surface area contributed by atoms with Crippen LogP contribution >= 0.6 is 27.7 Å². The number of nitrogens with one attached hydrogen (secondary N) is 1. The van der Waals surface area contributed by atoms with E-state index in [9.17, 15) is 22.8 Å². The Morgan fingerprint density at radius 1 is 1.06 bits per heavy atom. The molecule has 5 nitrogen and oxygen atoms in total. The summed E-state index contributed by atoms with van der Waals surface area (Å²) < 4.78 is 42.5. The molecule has 0 unspecified atom stereocenters. The lowest BCUT2D eigenvalue weighted by Crippen LogP contribution is -2.22. The number of nitrogens with zero attached hydrogens (tertiary/aromatic N) is 2. The van der Waals surface area contributed by atoms with Crippen LogP contribution in [-0.2, 0) is 4.79 Å². The Morgan fingerprint density at radius 3 is 2.48 bits per heavy atom. The third-order valence-electron chi connectivity index (χ3n) is 4.73. The Balaban J connectivity index is 1.50. The summed E-state index contributed by atoms with van der Waals surface area (Å²) in [6.07, 6.45) is 0. The van der Waals surface area contributed by atoms with Gasteiger partial charge in [-0.15, -0.1) is 11.8 Å². The van der Waals surface area contributed by atoms with Crippen molar-refractivity contribution >= 4 is 50.2 Å². The van der Waals surface area contributed by atoms with Crippen molar-refractivity contribution in [1.29, 1.82) is 0 Å². The third kappa shape index (κ3) is 4.96. The van der Waals surface area contributed by atoms with Gasteiger partial charge in [-0.3, -0.25) is 14.2 Å². The number of hydrogen-bond donors (Lipinski definition) is 1. The van der Waals surface area contributed by atoms with Crippen LogP contribution in [0.5, 0.6) is 0 Å². The number of halogens is 4. The van der Waals surface area contributed by atoms with E-state index < -0.39 is 23.0 Å². The van der Waals surface area contributed by atoms with E-state index in [1.165, 1.54) is 34.5 Å². The molecule has 0 spiro atoms. The van der Waals surface area contributed by atoms with E-state index in [2.05, 4.69) is 26.2 Å². The molecular weight excluding hydrogens is 519 g/mol. The molecule has 0 saturated carbocycles. The number of thioether (sulfide) groups is 1. The molecule has 0 aliphatic heterocycles. The third-order valence-corrected chi connectivity index (χ3v) is 6.35. The van der Waals surface area contributed by atoms with Gasteiger partial charge in [0.1, 0.15) is 23.0 Å². The molecular formula is C23H15BrF3N3O2S. The number of carbonyl (C=O) groups is 1. The maximum atomic E-state index is 14.0. The van der Waals surface area contributed by atoms with Gasteiger partial charge >= 0.3 is 0 Å². The van der Waals surface area contributed by atoms with E-state index in [4.69, 9.17) is 0 Å². The van der Waals surface area contributed by atoms with Crippen LogP contribution in [-0.4, -0.2) is 21.2 Å². The normalized spacial score (nSPS) is 11.1. The second-order valence-electron chi connectivity index (χ2n) is 7.04. The highest BCUT2D eigenvalue weighted by Crippen LogP contribution is 2.23. The van der Waals surface area contributed by atoms with Gasteiger partial charge in [0.15, 0.2) is 5.82 Å². The molecule has 1 amide bonds. The highest BCUT2D eigenvalue weighted by atomic mass is 79.9. The molecule has 0 atom stereocenters. The Kier molecular flexibility index (Phi) is 6.57. The van der Waals surface area contributed by atoms with Crippen molar-refractivity contribution < 1.29 is 18.0 Å². The molecule has 0 bridgehead atoms. The van der Waals surface area contributed by atoms with Crippen molar-refractivity contribution in [3.8, 4) is 5.69 Å². The SMILES string of the molecule is Cc1nc2c(F)cc(F)cc2c(=O)n1-c1ccc(SCC(=O)Nc2ccc(F)c(Br)c2)cc1. The maximum Gasteiger partial charge on any atom is 0.266 e. The predicted molar refractivity (Wildman–Crippen MR) is 125 cm³/mol. The van der Waals surface area contributed by atoms with Gasteiger partial charge in [0.05, 0.1) is 21.3 Å². The Bertz CT molecular complexity index is 1440. The summed E-state index contributed by atoms with van der Waals surface area (Å²) >= 11 is 4.34. The Labute approximate surface area is 198 Å². The molecule has 0 fully saturated rings. The van der Waals surface area contributed by atoms with Gasteiger partial charge in [-0.1, -0.05) is 0 Å². The fraction of sp³-hybridized carbons (Fsp3) is 0.0870. The number of aryl methyl sites for hydroxylation is 1. The molecule has 4 aromatic rings. The second-order valence-corrected chi connectivity index (χ2v) is 8.95. The van der Waals surface area contributed by atoms with E-state index >= 15 is 0 Å². The second kappa shape index (κ2) is 9.40. The Morgan fingerprint density at radius 2 is 1.79 bits per heavy atom. The minimum atomic E-state index is -0.893. The molecule has 1 aromatic heterocycles. The van der Waals surface area contributed by atoms with Crippen LogP contribution in [0.1, 0.15) is 5.82 Å². The fourth-order valence-corrected chi connectivity index (χ4v) is 4.31.